The highest BCUT2D eigenvalue weighted by molar-refractivity contribution is 7.16. The number of nitrogens with two attached hydrogens (primary N) is 1. The Hall–Kier alpha value is -1.01. The van der Waals surface area contributed by atoms with E-state index in [1.165, 1.54) is 25.7 Å². The maximum atomic E-state index is 6.39. The highest BCUT2D eigenvalue weighted by atomic mass is 32.1. The van der Waals surface area contributed by atoms with Crippen molar-refractivity contribution in [3.63, 3.8) is 0 Å². The van der Waals surface area contributed by atoms with Gasteiger partial charge in [0.1, 0.15) is 5.01 Å². The zero-order chi connectivity index (χ0) is 11.6. The van der Waals surface area contributed by atoms with Gasteiger partial charge in [0.25, 0.3) is 0 Å². The zero-order valence-corrected chi connectivity index (χ0v) is 10.6. The molecule has 2 aromatic heterocycles. The lowest BCUT2D eigenvalue weighted by Gasteiger charge is -2.20. The second-order valence-electron chi connectivity index (χ2n) is 5.49. The molecule has 2 heterocycles. The van der Waals surface area contributed by atoms with Crippen molar-refractivity contribution in [2.75, 3.05) is 0 Å². The van der Waals surface area contributed by atoms with E-state index in [0.717, 1.165) is 15.8 Å². The summed E-state index contributed by atoms with van der Waals surface area (Å²) in [5.41, 5.74) is 6.11. The van der Waals surface area contributed by atoms with Crippen molar-refractivity contribution in [2.45, 2.75) is 44.1 Å². The van der Waals surface area contributed by atoms with Gasteiger partial charge >= 0.3 is 0 Å². The summed E-state index contributed by atoms with van der Waals surface area (Å²) in [5.74, 6) is 2.19. The zero-order valence-electron chi connectivity index (χ0n) is 9.76. The van der Waals surface area contributed by atoms with E-state index in [1.807, 2.05) is 4.52 Å². The Kier molecular flexibility index (Phi) is 1.79. The van der Waals surface area contributed by atoms with Gasteiger partial charge in [-0.15, -0.1) is 10.2 Å². The van der Waals surface area contributed by atoms with Gasteiger partial charge < -0.3 is 5.73 Å². The van der Waals surface area contributed by atoms with E-state index >= 15 is 0 Å². The summed E-state index contributed by atoms with van der Waals surface area (Å²) in [5, 5.41) is 14.1. The highest BCUT2D eigenvalue weighted by Crippen LogP contribution is 2.45. The maximum Gasteiger partial charge on any atom is 0.234 e. The molecule has 2 N–H and O–H groups in total. The third-order valence-electron chi connectivity index (χ3n) is 3.84. The lowest BCUT2D eigenvalue weighted by atomic mass is 9.99. The van der Waals surface area contributed by atoms with Crippen LogP contribution in [0.3, 0.4) is 0 Å². The van der Waals surface area contributed by atoms with E-state index in [1.54, 1.807) is 11.3 Å². The third-order valence-corrected chi connectivity index (χ3v) is 5.00. The van der Waals surface area contributed by atoms with Crippen LogP contribution in [0.25, 0.3) is 4.96 Å². The topological polar surface area (TPSA) is 69.1 Å². The molecule has 1 atom stereocenters. The highest BCUT2D eigenvalue weighted by Gasteiger charge is 2.42. The van der Waals surface area contributed by atoms with Crippen LogP contribution in [0, 0.1) is 5.92 Å². The van der Waals surface area contributed by atoms with Crippen molar-refractivity contribution in [1.82, 2.24) is 19.8 Å². The Bertz CT molecular complexity index is 576. The molecule has 17 heavy (non-hydrogen) atoms. The molecule has 1 unspecified atom stereocenters. The van der Waals surface area contributed by atoms with Gasteiger partial charge in [-0.25, -0.2) is 0 Å². The molecule has 0 radical (unpaired) electrons. The van der Waals surface area contributed by atoms with Crippen LogP contribution in [-0.4, -0.2) is 19.8 Å². The Morgan fingerprint density at radius 2 is 2.06 bits per heavy atom. The van der Waals surface area contributed by atoms with Crippen molar-refractivity contribution >= 4 is 16.3 Å². The Balaban J connectivity index is 1.81. The molecular formula is C11H15N5S. The third kappa shape index (κ3) is 1.43. The average molecular weight is 249 g/mol. The smallest absolute Gasteiger partial charge is 0.234 e. The summed E-state index contributed by atoms with van der Waals surface area (Å²) in [7, 11) is 0. The Labute approximate surface area is 103 Å². The van der Waals surface area contributed by atoms with Crippen LogP contribution in [0.2, 0.25) is 0 Å². The van der Waals surface area contributed by atoms with Crippen molar-refractivity contribution in [1.29, 1.82) is 0 Å². The number of rotatable bonds is 3. The van der Waals surface area contributed by atoms with E-state index < -0.39 is 0 Å². The lowest BCUT2D eigenvalue weighted by Crippen LogP contribution is -2.35. The Morgan fingerprint density at radius 1 is 1.29 bits per heavy atom. The van der Waals surface area contributed by atoms with Gasteiger partial charge in [-0.2, -0.15) is 9.61 Å². The van der Waals surface area contributed by atoms with Gasteiger partial charge in [0.2, 0.25) is 4.96 Å². The van der Waals surface area contributed by atoms with Gasteiger partial charge in [-0.3, -0.25) is 0 Å². The molecule has 2 aliphatic carbocycles. The molecule has 90 valence electrons. The molecule has 0 saturated heterocycles. The van der Waals surface area contributed by atoms with Crippen molar-refractivity contribution < 1.29 is 0 Å². The molecule has 5 nitrogen and oxygen atoms in total. The van der Waals surface area contributed by atoms with Gasteiger partial charge in [-0.1, -0.05) is 11.3 Å². The average Bonchev–Trinajstić information content (AvgIpc) is 3.16. The fourth-order valence-corrected chi connectivity index (χ4v) is 3.29. The summed E-state index contributed by atoms with van der Waals surface area (Å²) >= 11 is 1.59. The second-order valence-corrected chi connectivity index (χ2v) is 6.45. The quantitative estimate of drug-likeness (QED) is 0.898. The monoisotopic (exact) mass is 249 g/mol. The van der Waals surface area contributed by atoms with E-state index in [4.69, 9.17) is 5.73 Å². The largest absolute Gasteiger partial charge is 0.319 e. The summed E-state index contributed by atoms with van der Waals surface area (Å²) in [6.45, 7) is 2.09. The first-order valence-electron chi connectivity index (χ1n) is 6.18. The molecule has 2 aliphatic rings. The first-order chi connectivity index (χ1) is 8.16. The molecular weight excluding hydrogens is 234 g/mol. The van der Waals surface area contributed by atoms with Crippen molar-refractivity contribution in [2.24, 2.45) is 11.7 Å². The second kappa shape index (κ2) is 3.05. The predicted molar refractivity (Wildman–Crippen MR) is 64.9 cm³/mol. The minimum Gasteiger partial charge on any atom is -0.319 e. The molecule has 2 aromatic rings. The van der Waals surface area contributed by atoms with Crippen LogP contribution in [0.4, 0.5) is 0 Å². The van der Waals surface area contributed by atoms with Gasteiger partial charge in [0.05, 0.1) is 5.54 Å². The predicted octanol–water partition coefficient (Wildman–Crippen LogP) is 1.65. The van der Waals surface area contributed by atoms with Gasteiger partial charge in [0.15, 0.2) is 5.82 Å². The molecule has 0 bridgehead atoms. The van der Waals surface area contributed by atoms with E-state index in [2.05, 4.69) is 22.2 Å². The molecule has 0 spiro atoms. The number of hydrogen-bond donors (Lipinski definition) is 1. The van der Waals surface area contributed by atoms with Crippen LogP contribution in [0.1, 0.15) is 49.4 Å². The molecule has 0 amide bonds. The molecule has 0 aliphatic heterocycles. The van der Waals surface area contributed by atoms with Gasteiger partial charge in [0, 0.05) is 5.92 Å². The van der Waals surface area contributed by atoms with E-state index in [9.17, 15) is 0 Å². The van der Waals surface area contributed by atoms with Crippen LogP contribution in [0.15, 0.2) is 0 Å². The minimum atomic E-state index is -0.286. The fraction of sp³-hybridized carbons (Fsp3) is 0.727. The number of aromatic nitrogens is 4. The van der Waals surface area contributed by atoms with Crippen LogP contribution in [0.5, 0.6) is 0 Å². The van der Waals surface area contributed by atoms with Crippen LogP contribution >= 0.6 is 11.3 Å². The van der Waals surface area contributed by atoms with E-state index in [-0.39, 0.29) is 5.54 Å². The van der Waals surface area contributed by atoms with Crippen LogP contribution < -0.4 is 5.73 Å². The van der Waals surface area contributed by atoms with Gasteiger partial charge in [-0.05, 0) is 38.5 Å². The minimum absolute atomic E-state index is 0.286. The normalized spacial score (nSPS) is 24.1. The summed E-state index contributed by atoms with van der Waals surface area (Å²) in [6, 6.07) is 0. The number of fused-ring (bicyclic) bond motifs is 1. The first kappa shape index (κ1) is 9.96. The van der Waals surface area contributed by atoms with Crippen molar-refractivity contribution in [3.8, 4) is 0 Å². The molecule has 6 heteroatoms. The lowest BCUT2D eigenvalue weighted by molar-refractivity contribution is 0.419. The molecule has 2 fully saturated rings. The summed E-state index contributed by atoms with van der Waals surface area (Å²) < 4.78 is 1.91. The number of nitrogens with zero attached hydrogens (tertiary/aromatic N) is 4. The standard InChI is InChI=1S/C11H15N5S/c1-11(12,7-4-5-7)9-15-16-8(6-2-3-6)13-14-10(16)17-9/h6-7H,2-5,12H2,1H3. The summed E-state index contributed by atoms with van der Waals surface area (Å²) in [4.78, 5) is 0.888. The SMILES string of the molecule is CC(N)(c1nn2c(C3CC3)nnc2s1)C1CC1. The molecule has 2 saturated carbocycles. The first-order valence-corrected chi connectivity index (χ1v) is 6.99. The fourth-order valence-electron chi connectivity index (χ4n) is 2.30. The maximum absolute atomic E-state index is 6.39. The Morgan fingerprint density at radius 3 is 2.71 bits per heavy atom. The number of hydrogen-bond acceptors (Lipinski definition) is 5. The molecule has 0 aromatic carbocycles. The summed E-state index contributed by atoms with van der Waals surface area (Å²) in [6.07, 6.45) is 4.89. The van der Waals surface area contributed by atoms with Crippen LogP contribution in [-0.2, 0) is 5.54 Å². The molecule has 4 rings (SSSR count). The van der Waals surface area contributed by atoms with Crippen molar-refractivity contribution in [3.05, 3.63) is 10.8 Å². The van der Waals surface area contributed by atoms with E-state index in [0.29, 0.717) is 11.8 Å².